The Kier molecular flexibility index (Phi) is 8.09. The first kappa shape index (κ1) is 22.3. The topological polar surface area (TPSA) is 65.1 Å². The molecular formula is C22H24ClNO5. The zero-order chi connectivity index (χ0) is 21.4. The van der Waals surface area contributed by atoms with Gasteiger partial charge in [0, 0.05) is 19.7 Å². The highest BCUT2D eigenvalue weighted by atomic mass is 35.5. The van der Waals surface area contributed by atoms with Crippen molar-refractivity contribution in [3.05, 3.63) is 58.6 Å². The minimum Gasteiger partial charge on any atom is -0.493 e. The molecule has 0 unspecified atom stereocenters. The molecule has 0 saturated heterocycles. The van der Waals surface area contributed by atoms with Gasteiger partial charge in [0.25, 0.3) is 5.91 Å². The molecule has 0 fully saturated rings. The number of allylic oxidation sites excluding steroid dienone is 1. The monoisotopic (exact) mass is 417 g/mol. The molecule has 2 aromatic rings. The molecule has 2 rings (SSSR count). The predicted molar refractivity (Wildman–Crippen MR) is 113 cm³/mol. The molecule has 29 heavy (non-hydrogen) atoms. The molecular weight excluding hydrogens is 394 g/mol. The molecule has 0 atom stereocenters. The Morgan fingerprint density at radius 1 is 1.10 bits per heavy atom. The third-order valence-electron chi connectivity index (χ3n) is 3.97. The summed E-state index contributed by atoms with van der Waals surface area (Å²) >= 11 is 6.25. The summed E-state index contributed by atoms with van der Waals surface area (Å²) in [6.45, 7) is 2.27. The number of halogens is 1. The van der Waals surface area contributed by atoms with Crippen LogP contribution in [0.2, 0.25) is 5.02 Å². The molecule has 0 bridgehead atoms. The Morgan fingerprint density at radius 3 is 2.38 bits per heavy atom. The second-order valence-corrected chi connectivity index (χ2v) is 6.67. The van der Waals surface area contributed by atoms with E-state index in [2.05, 4.69) is 0 Å². The average Bonchev–Trinajstić information content (AvgIpc) is 2.72. The third-order valence-corrected chi connectivity index (χ3v) is 4.25. The molecule has 6 nitrogen and oxygen atoms in total. The first-order valence-electron chi connectivity index (χ1n) is 9.01. The van der Waals surface area contributed by atoms with Crippen molar-refractivity contribution >= 4 is 29.4 Å². The zero-order valence-electron chi connectivity index (χ0n) is 16.9. The normalized spacial score (nSPS) is 10.7. The van der Waals surface area contributed by atoms with Crippen molar-refractivity contribution in [2.45, 2.75) is 6.92 Å². The summed E-state index contributed by atoms with van der Waals surface area (Å²) in [7, 11) is 4.85. The van der Waals surface area contributed by atoms with Crippen LogP contribution in [0, 0.1) is 0 Å². The van der Waals surface area contributed by atoms with E-state index in [1.165, 1.54) is 18.1 Å². The van der Waals surface area contributed by atoms with Crippen molar-refractivity contribution in [2.75, 3.05) is 34.4 Å². The van der Waals surface area contributed by atoms with Gasteiger partial charge in [-0.2, -0.15) is 0 Å². The lowest BCUT2D eigenvalue weighted by molar-refractivity contribution is -0.130. The minimum atomic E-state index is -0.176. The standard InChI is InChI=1S/C22H24ClNO5/c1-5-28-22-18(23)12-15(13-20(22)27-4)6-11-19(25)16-7-9-17(10-8-16)29-14-21(26)24(2)3/h6-13H,5,14H2,1-4H3. The fraction of sp³-hybridized carbons (Fsp3) is 0.273. The number of carbonyl (C=O) groups is 2. The number of carbonyl (C=O) groups excluding carboxylic acids is 2. The summed E-state index contributed by atoms with van der Waals surface area (Å²) in [5.74, 6) is 1.18. The molecule has 154 valence electrons. The summed E-state index contributed by atoms with van der Waals surface area (Å²) in [6, 6.07) is 10.1. The molecule has 1 amide bonds. The van der Waals surface area contributed by atoms with E-state index in [-0.39, 0.29) is 18.3 Å². The summed E-state index contributed by atoms with van der Waals surface area (Å²) in [5.41, 5.74) is 1.21. The van der Waals surface area contributed by atoms with Crippen LogP contribution in [0.15, 0.2) is 42.5 Å². The molecule has 0 aliphatic rings. The van der Waals surface area contributed by atoms with Crippen LogP contribution in [0.4, 0.5) is 0 Å². The number of hydrogen-bond acceptors (Lipinski definition) is 5. The van der Waals surface area contributed by atoms with Gasteiger partial charge in [0.15, 0.2) is 23.9 Å². The van der Waals surface area contributed by atoms with Crippen molar-refractivity contribution in [1.82, 2.24) is 4.90 Å². The Morgan fingerprint density at radius 2 is 1.79 bits per heavy atom. The molecule has 0 spiro atoms. The summed E-state index contributed by atoms with van der Waals surface area (Å²) in [5, 5.41) is 0.409. The van der Waals surface area contributed by atoms with Crippen molar-refractivity contribution < 1.29 is 23.8 Å². The van der Waals surface area contributed by atoms with E-state index in [0.29, 0.717) is 40.0 Å². The van der Waals surface area contributed by atoms with Crippen LogP contribution in [0.25, 0.3) is 6.08 Å². The first-order valence-corrected chi connectivity index (χ1v) is 9.39. The van der Waals surface area contributed by atoms with Crippen molar-refractivity contribution in [1.29, 1.82) is 0 Å². The van der Waals surface area contributed by atoms with Crippen LogP contribution in [-0.4, -0.2) is 51.0 Å². The van der Waals surface area contributed by atoms with E-state index in [1.807, 2.05) is 6.92 Å². The second-order valence-electron chi connectivity index (χ2n) is 6.27. The highest BCUT2D eigenvalue weighted by Gasteiger charge is 2.11. The Labute approximate surface area is 175 Å². The quantitative estimate of drug-likeness (QED) is 0.453. The van der Waals surface area contributed by atoms with Crippen LogP contribution in [0.5, 0.6) is 17.2 Å². The molecule has 7 heteroatoms. The van der Waals surface area contributed by atoms with Crippen LogP contribution in [0.3, 0.4) is 0 Å². The summed E-state index contributed by atoms with van der Waals surface area (Å²) in [4.78, 5) is 25.4. The fourth-order valence-corrected chi connectivity index (χ4v) is 2.65. The third kappa shape index (κ3) is 6.26. The highest BCUT2D eigenvalue weighted by Crippen LogP contribution is 2.36. The van der Waals surface area contributed by atoms with Crippen molar-refractivity contribution in [3.8, 4) is 17.2 Å². The number of likely N-dealkylation sites (N-methyl/N-ethyl adjacent to an activating group) is 1. The van der Waals surface area contributed by atoms with E-state index in [9.17, 15) is 9.59 Å². The summed E-state index contributed by atoms with van der Waals surface area (Å²) < 4.78 is 16.2. The predicted octanol–water partition coefficient (Wildman–Crippen LogP) is 4.11. The van der Waals surface area contributed by atoms with E-state index in [1.54, 1.807) is 56.6 Å². The number of benzene rings is 2. The van der Waals surface area contributed by atoms with Crippen LogP contribution < -0.4 is 14.2 Å². The van der Waals surface area contributed by atoms with Gasteiger partial charge in [-0.25, -0.2) is 0 Å². The maximum Gasteiger partial charge on any atom is 0.259 e. The van der Waals surface area contributed by atoms with Gasteiger partial charge in [-0.05, 0) is 55.0 Å². The molecule has 0 saturated carbocycles. The number of methoxy groups -OCH3 is 1. The lowest BCUT2D eigenvalue weighted by Crippen LogP contribution is -2.27. The maximum absolute atomic E-state index is 12.4. The average molecular weight is 418 g/mol. The largest absolute Gasteiger partial charge is 0.493 e. The number of rotatable bonds is 9. The van der Waals surface area contributed by atoms with Gasteiger partial charge >= 0.3 is 0 Å². The van der Waals surface area contributed by atoms with E-state index >= 15 is 0 Å². The van der Waals surface area contributed by atoms with E-state index in [4.69, 9.17) is 25.8 Å². The Bertz CT molecular complexity index is 891. The van der Waals surface area contributed by atoms with Gasteiger partial charge in [0.05, 0.1) is 18.7 Å². The maximum atomic E-state index is 12.4. The molecule has 0 aromatic heterocycles. The van der Waals surface area contributed by atoms with Gasteiger partial charge in [-0.3, -0.25) is 9.59 Å². The lowest BCUT2D eigenvalue weighted by Gasteiger charge is -2.12. The van der Waals surface area contributed by atoms with Gasteiger partial charge in [0.2, 0.25) is 0 Å². The number of ether oxygens (including phenoxy) is 3. The van der Waals surface area contributed by atoms with Crippen LogP contribution in [-0.2, 0) is 4.79 Å². The van der Waals surface area contributed by atoms with Crippen molar-refractivity contribution in [2.24, 2.45) is 0 Å². The smallest absolute Gasteiger partial charge is 0.259 e. The number of nitrogens with zero attached hydrogens (tertiary/aromatic N) is 1. The fourth-order valence-electron chi connectivity index (χ4n) is 2.38. The van der Waals surface area contributed by atoms with Gasteiger partial charge in [-0.15, -0.1) is 0 Å². The molecule has 2 aromatic carbocycles. The second kappa shape index (κ2) is 10.5. The van der Waals surface area contributed by atoms with Gasteiger partial charge in [0.1, 0.15) is 5.75 Å². The van der Waals surface area contributed by atoms with Gasteiger partial charge < -0.3 is 19.1 Å². The molecule has 0 N–H and O–H groups in total. The SMILES string of the molecule is CCOc1c(Cl)cc(C=CC(=O)c2ccc(OCC(=O)N(C)C)cc2)cc1OC. The van der Waals surface area contributed by atoms with Crippen LogP contribution in [0.1, 0.15) is 22.8 Å². The van der Waals surface area contributed by atoms with Gasteiger partial charge in [-0.1, -0.05) is 17.7 Å². The zero-order valence-corrected chi connectivity index (χ0v) is 17.7. The number of hydrogen-bond donors (Lipinski definition) is 0. The highest BCUT2D eigenvalue weighted by molar-refractivity contribution is 6.32. The Hall–Kier alpha value is -2.99. The first-order chi connectivity index (χ1) is 13.8. The number of ketones is 1. The van der Waals surface area contributed by atoms with E-state index in [0.717, 1.165) is 0 Å². The summed E-state index contributed by atoms with van der Waals surface area (Å²) in [6.07, 6.45) is 3.11. The Balaban J connectivity index is 2.07. The van der Waals surface area contributed by atoms with Crippen molar-refractivity contribution in [3.63, 3.8) is 0 Å². The molecule has 0 aliphatic heterocycles. The minimum absolute atomic E-state index is 0.0550. The molecule has 0 aliphatic carbocycles. The number of amides is 1. The van der Waals surface area contributed by atoms with Crippen LogP contribution >= 0.6 is 11.6 Å². The molecule has 0 radical (unpaired) electrons. The molecule has 0 heterocycles. The van der Waals surface area contributed by atoms with E-state index < -0.39 is 0 Å². The lowest BCUT2D eigenvalue weighted by atomic mass is 10.1.